The Morgan fingerprint density at radius 2 is 1.67 bits per heavy atom. The van der Waals surface area contributed by atoms with Crippen LogP contribution in [0.2, 0.25) is 0 Å². The predicted octanol–water partition coefficient (Wildman–Crippen LogP) is 1.49. The fourth-order valence-electron chi connectivity index (χ4n) is 3.51. The van der Waals surface area contributed by atoms with Gasteiger partial charge in [0.05, 0.1) is 29.6 Å². The van der Waals surface area contributed by atoms with Crippen LogP contribution in [0.1, 0.15) is 36.6 Å². The van der Waals surface area contributed by atoms with Crippen molar-refractivity contribution in [2.75, 3.05) is 23.7 Å². The molecule has 0 saturated carbocycles. The van der Waals surface area contributed by atoms with Crippen molar-refractivity contribution in [2.24, 2.45) is 0 Å². The lowest BCUT2D eigenvalue weighted by Crippen LogP contribution is -2.34. The Morgan fingerprint density at radius 1 is 1.04 bits per heavy atom. The van der Waals surface area contributed by atoms with Crippen molar-refractivity contribution in [2.45, 2.75) is 6.42 Å². The highest BCUT2D eigenvalue weighted by Gasteiger charge is 2.36. The molecule has 2 aromatic carbocycles. The minimum atomic E-state index is -3.36. The molecular formula is C19H16N2O5S. The summed E-state index contributed by atoms with van der Waals surface area (Å²) in [5.74, 6) is -1.33. The van der Waals surface area contributed by atoms with E-state index in [4.69, 9.17) is 0 Å². The molecule has 27 heavy (non-hydrogen) atoms. The number of hydrogen-bond donors (Lipinski definition) is 0. The van der Waals surface area contributed by atoms with Gasteiger partial charge >= 0.3 is 0 Å². The summed E-state index contributed by atoms with van der Waals surface area (Å²) in [6.07, 6.45) is 1.65. The first-order chi connectivity index (χ1) is 12.8. The Balaban J connectivity index is 1.57. The number of hydrogen-bond acceptors (Lipinski definition) is 5. The summed E-state index contributed by atoms with van der Waals surface area (Å²) >= 11 is 0. The number of benzene rings is 2. The largest absolute Gasteiger partial charge is 0.292 e. The average molecular weight is 384 g/mol. The third-order valence-electron chi connectivity index (χ3n) is 4.83. The van der Waals surface area contributed by atoms with E-state index in [2.05, 4.69) is 0 Å². The van der Waals surface area contributed by atoms with Gasteiger partial charge in [-0.1, -0.05) is 12.1 Å². The van der Waals surface area contributed by atoms with Crippen molar-refractivity contribution in [3.05, 3.63) is 64.7 Å². The van der Waals surface area contributed by atoms with Gasteiger partial charge in [0.25, 0.3) is 11.8 Å². The molecule has 0 N–H and O–H groups in total. The number of anilines is 1. The van der Waals surface area contributed by atoms with E-state index < -0.39 is 21.8 Å². The fourth-order valence-corrected chi connectivity index (χ4v) is 4.47. The maximum atomic E-state index is 12.6. The van der Waals surface area contributed by atoms with Crippen LogP contribution in [-0.2, 0) is 16.4 Å². The van der Waals surface area contributed by atoms with Crippen LogP contribution in [0.4, 0.5) is 5.69 Å². The second-order valence-electron chi connectivity index (χ2n) is 6.59. The van der Waals surface area contributed by atoms with Gasteiger partial charge < -0.3 is 0 Å². The van der Waals surface area contributed by atoms with Crippen LogP contribution in [-0.4, -0.2) is 50.3 Å². The van der Waals surface area contributed by atoms with E-state index in [1.165, 1.54) is 10.4 Å². The number of amides is 2. The molecule has 0 bridgehead atoms. The molecule has 7 nitrogen and oxygen atoms in total. The van der Waals surface area contributed by atoms with Crippen LogP contribution >= 0.6 is 0 Å². The topological polar surface area (TPSA) is 91.8 Å². The van der Waals surface area contributed by atoms with Gasteiger partial charge in [-0.2, -0.15) is 0 Å². The summed E-state index contributed by atoms with van der Waals surface area (Å²) < 4.78 is 24.9. The van der Waals surface area contributed by atoms with Crippen LogP contribution in [0, 0.1) is 0 Å². The van der Waals surface area contributed by atoms with Gasteiger partial charge in [0.15, 0.2) is 5.78 Å². The quantitative estimate of drug-likeness (QED) is 0.588. The van der Waals surface area contributed by atoms with Crippen LogP contribution in [0.3, 0.4) is 0 Å². The molecule has 2 aliphatic heterocycles. The van der Waals surface area contributed by atoms with Crippen LogP contribution in [0.25, 0.3) is 0 Å². The third kappa shape index (κ3) is 2.82. The first-order valence-corrected chi connectivity index (χ1v) is 10.2. The van der Waals surface area contributed by atoms with Gasteiger partial charge in [-0.05, 0) is 42.3 Å². The number of fused-ring (bicyclic) bond motifs is 2. The second-order valence-corrected chi connectivity index (χ2v) is 8.50. The molecule has 0 radical (unpaired) electrons. The smallest absolute Gasteiger partial charge is 0.261 e. The lowest BCUT2D eigenvalue weighted by atomic mass is 10.0. The van der Waals surface area contributed by atoms with Crippen molar-refractivity contribution < 1.29 is 22.8 Å². The summed E-state index contributed by atoms with van der Waals surface area (Å²) in [5.41, 5.74) is 2.27. The van der Waals surface area contributed by atoms with Crippen molar-refractivity contribution in [3.8, 4) is 0 Å². The molecule has 0 saturated heterocycles. The number of carbonyl (C=O) groups excluding carboxylic acids is 3. The van der Waals surface area contributed by atoms with E-state index in [1.54, 1.807) is 36.4 Å². The molecule has 0 aliphatic carbocycles. The van der Waals surface area contributed by atoms with Crippen molar-refractivity contribution in [1.82, 2.24) is 4.90 Å². The number of Topliss-reactive ketones (excluding diaryl/α,β-unsaturated/α-hetero) is 1. The minimum absolute atomic E-state index is 0.299. The zero-order valence-electron chi connectivity index (χ0n) is 14.5. The zero-order valence-corrected chi connectivity index (χ0v) is 15.3. The van der Waals surface area contributed by atoms with E-state index >= 15 is 0 Å². The second kappa shape index (κ2) is 6.02. The number of sulfonamides is 1. The maximum Gasteiger partial charge on any atom is 0.261 e. The molecule has 2 aromatic rings. The van der Waals surface area contributed by atoms with Crippen LogP contribution in [0.5, 0.6) is 0 Å². The molecule has 2 heterocycles. The first kappa shape index (κ1) is 17.4. The Labute approximate surface area is 156 Å². The molecule has 0 fully saturated rings. The van der Waals surface area contributed by atoms with E-state index in [9.17, 15) is 22.8 Å². The van der Waals surface area contributed by atoms with Gasteiger partial charge in [-0.15, -0.1) is 0 Å². The standard InChI is InChI=1S/C19H16N2O5S/c1-27(25,26)21-9-8-12-10-13(6-7-16(12)21)17(22)11-20-18(23)14-4-2-3-5-15(14)19(20)24/h2-7,10H,8-9,11H2,1H3. The lowest BCUT2D eigenvalue weighted by molar-refractivity contribution is 0.0624. The first-order valence-electron chi connectivity index (χ1n) is 8.36. The molecule has 138 valence electrons. The molecule has 0 aromatic heterocycles. The Morgan fingerprint density at radius 3 is 2.26 bits per heavy atom. The molecule has 4 rings (SSSR count). The highest BCUT2D eigenvalue weighted by atomic mass is 32.2. The summed E-state index contributed by atoms with van der Waals surface area (Å²) in [7, 11) is -3.36. The molecule has 2 aliphatic rings. The number of rotatable bonds is 4. The summed E-state index contributed by atoms with van der Waals surface area (Å²) in [4.78, 5) is 38.4. The fraction of sp³-hybridized carbons (Fsp3) is 0.211. The highest BCUT2D eigenvalue weighted by Crippen LogP contribution is 2.31. The third-order valence-corrected chi connectivity index (χ3v) is 6.01. The summed E-state index contributed by atoms with van der Waals surface area (Å²) in [5, 5.41) is 0. The number of carbonyl (C=O) groups is 3. The maximum absolute atomic E-state index is 12.6. The van der Waals surface area contributed by atoms with Crippen molar-refractivity contribution in [1.29, 1.82) is 0 Å². The molecule has 2 amide bonds. The Hall–Kier alpha value is -3.00. The molecule has 0 spiro atoms. The van der Waals surface area contributed by atoms with Gasteiger partial charge in [-0.3, -0.25) is 23.6 Å². The normalized spacial score (nSPS) is 15.9. The minimum Gasteiger partial charge on any atom is -0.292 e. The van der Waals surface area contributed by atoms with Gasteiger partial charge in [0.2, 0.25) is 10.0 Å². The molecule has 8 heteroatoms. The number of imide groups is 1. The SMILES string of the molecule is CS(=O)(=O)N1CCc2cc(C(=O)CN3C(=O)c4ccccc4C3=O)ccc21. The molecule has 0 atom stereocenters. The summed E-state index contributed by atoms with van der Waals surface area (Å²) in [6, 6.07) is 11.2. The number of ketones is 1. The number of nitrogens with zero attached hydrogens (tertiary/aromatic N) is 2. The monoisotopic (exact) mass is 384 g/mol. The van der Waals surface area contributed by atoms with Crippen LogP contribution < -0.4 is 4.31 Å². The predicted molar refractivity (Wildman–Crippen MR) is 98.5 cm³/mol. The summed E-state index contributed by atoms with van der Waals surface area (Å²) in [6.45, 7) is -0.00879. The van der Waals surface area contributed by atoms with Gasteiger partial charge in [0, 0.05) is 12.1 Å². The van der Waals surface area contributed by atoms with E-state index in [0.29, 0.717) is 35.3 Å². The molecular weight excluding hydrogens is 368 g/mol. The Kier molecular flexibility index (Phi) is 3.88. The van der Waals surface area contributed by atoms with E-state index in [0.717, 1.165) is 16.7 Å². The van der Waals surface area contributed by atoms with Gasteiger partial charge in [0.1, 0.15) is 0 Å². The zero-order chi connectivity index (χ0) is 19.3. The average Bonchev–Trinajstić information content (AvgIpc) is 3.17. The van der Waals surface area contributed by atoms with E-state index in [1.807, 2.05) is 0 Å². The van der Waals surface area contributed by atoms with E-state index in [-0.39, 0.29) is 12.3 Å². The lowest BCUT2D eigenvalue weighted by Gasteiger charge is -2.17. The van der Waals surface area contributed by atoms with Crippen molar-refractivity contribution >= 4 is 33.3 Å². The van der Waals surface area contributed by atoms with Crippen LogP contribution in [0.15, 0.2) is 42.5 Å². The molecule has 0 unspecified atom stereocenters. The Bertz CT molecular complexity index is 1070. The highest BCUT2D eigenvalue weighted by molar-refractivity contribution is 7.92. The van der Waals surface area contributed by atoms with Gasteiger partial charge in [-0.25, -0.2) is 8.42 Å². The van der Waals surface area contributed by atoms with Crippen molar-refractivity contribution in [3.63, 3.8) is 0 Å².